The molecule has 1 aromatic heterocycles. The van der Waals surface area contributed by atoms with E-state index in [1.807, 2.05) is 0 Å². The predicted molar refractivity (Wildman–Crippen MR) is 99.6 cm³/mol. The summed E-state index contributed by atoms with van der Waals surface area (Å²) in [6.45, 7) is 1.12. The Morgan fingerprint density at radius 2 is 2.04 bits per heavy atom. The molecule has 0 bridgehead atoms. The predicted octanol–water partition coefficient (Wildman–Crippen LogP) is 2.42. The summed E-state index contributed by atoms with van der Waals surface area (Å²) in [6.07, 6.45) is 3.85. The monoisotopic (exact) mass is 454 g/mol. The number of aromatic nitrogens is 2. The molecule has 1 amide bonds. The number of sulfonamides is 1. The van der Waals surface area contributed by atoms with Crippen molar-refractivity contribution in [3.05, 3.63) is 40.0 Å². The Morgan fingerprint density at radius 3 is 2.74 bits per heavy atom. The van der Waals surface area contributed by atoms with Crippen LogP contribution < -0.4 is 5.32 Å². The largest absolute Gasteiger partial charge is 0.343 e. The van der Waals surface area contributed by atoms with Crippen LogP contribution in [0.5, 0.6) is 0 Å². The standard InChI is InChI=1S/C17H19BrN4O4S/c18-14-6-5-12(27(24,25)22-7-1-2-8-22)9-13(14)17(23)19-10-15-20-16(21-26-15)11-3-4-11/h5-6,9,11H,1-4,7-8,10H2,(H,19,23). The van der Waals surface area contributed by atoms with Gasteiger partial charge in [-0.15, -0.1) is 0 Å². The molecule has 1 aromatic carbocycles. The van der Waals surface area contributed by atoms with Gasteiger partial charge in [0, 0.05) is 23.5 Å². The van der Waals surface area contributed by atoms with Gasteiger partial charge in [-0.2, -0.15) is 9.29 Å². The third kappa shape index (κ3) is 3.92. The first kappa shape index (κ1) is 18.6. The van der Waals surface area contributed by atoms with E-state index in [0.29, 0.717) is 35.2 Å². The second-order valence-corrected chi connectivity index (χ2v) is 9.55. The zero-order valence-corrected chi connectivity index (χ0v) is 16.9. The average molecular weight is 455 g/mol. The van der Waals surface area contributed by atoms with Crippen molar-refractivity contribution in [2.75, 3.05) is 13.1 Å². The number of carbonyl (C=O) groups is 1. The highest BCUT2D eigenvalue weighted by Gasteiger charge is 2.29. The van der Waals surface area contributed by atoms with Gasteiger partial charge in [-0.05, 0) is 59.8 Å². The molecule has 2 heterocycles. The van der Waals surface area contributed by atoms with E-state index >= 15 is 0 Å². The van der Waals surface area contributed by atoms with Crippen molar-refractivity contribution in [1.82, 2.24) is 19.8 Å². The number of hydrogen-bond acceptors (Lipinski definition) is 6. The van der Waals surface area contributed by atoms with Gasteiger partial charge in [0.1, 0.15) is 0 Å². The first-order valence-corrected chi connectivity index (χ1v) is 11.1. The molecule has 0 radical (unpaired) electrons. The van der Waals surface area contributed by atoms with Gasteiger partial charge in [-0.1, -0.05) is 5.16 Å². The lowest BCUT2D eigenvalue weighted by Gasteiger charge is -2.16. The Bertz CT molecular complexity index is 965. The third-order valence-corrected chi connectivity index (χ3v) is 7.30. The van der Waals surface area contributed by atoms with Gasteiger partial charge in [-0.3, -0.25) is 4.79 Å². The molecule has 2 aromatic rings. The minimum absolute atomic E-state index is 0.0914. The maximum atomic E-state index is 12.7. The van der Waals surface area contributed by atoms with E-state index in [1.165, 1.54) is 16.4 Å². The van der Waals surface area contributed by atoms with Crippen LogP contribution in [0.3, 0.4) is 0 Å². The highest BCUT2D eigenvalue weighted by atomic mass is 79.9. The normalized spacial score (nSPS) is 18.0. The number of nitrogens with zero attached hydrogens (tertiary/aromatic N) is 3. The molecule has 4 rings (SSSR count). The van der Waals surface area contributed by atoms with Gasteiger partial charge in [0.25, 0.3) is 5.91 Å². The maximum Gasteiger partial charge on any atom is 0.252 e. The molecule has 0 atom stereocenters. The molecule has 1 aliphatic heterocycles. The molecule has 2 fully saturated rings. The summed E-state index contributed by atoms with van der Waals surface area (Å²) in [4.78, 5) is 16.9. The van der Waals surface area contributed by atoms with Crippen molar-refractivity contribution in [2.45, 2.75) is 43.0 Å². The van der Waals surface area contributed by atoms with Gasteiger partial charge >= 0.3 is 0 Å². The van der Waals surface area contributed by atoms with E-state index in [1.54, 1.807) is 6.07 Å². The van der Waals surface area contributed by atoms with Gasteiger partial charge in [-0.25, -0.2) is 8.42 Å². The molecule has 10 heteroatoms. The van der Waals surface area contributed by atoms with Crippen molar-refractivity contribution >= 4 is 31.9 Å². The van der Waals surface area contributed by atoms with Crippen LogP contribution in [0.25, 0.3) is 0 Å². The van der Waals surface area contributed by atoms with Gasteiger partial charge in [0.2, 0.25) is 15.9 Å². The molecule has 2 aliphatic rings. The molecule has 144 valence electrons. The van der Waals surface area contributed by atoms with Crippen molar-refractivity contribution in [3.63, 3.8) is 0 Å². The lowest BCUT2D eigenvalue weighted by molar-refractivity contribution is 0.0945. The van der Waals surface area contributed by atoms with E-state index in [0.717, 1.165) is 25.7 Å². The number of halogens is 1. The Balaban J connectivity index is 1.49. The van der Waals surface area contributed by atoms with Crippen molar-refractivity contribution in [1.29, 1.82) is 0 Å². The zero-order valence-electron chi connectivity index (χ0n) is 14.5. The van der Waals surface area contributed by atoms with Crippen LogP contribution >= 0.6 is 15.9 Å². The summed E-state index contributed by atoms with van der Waals surface area (Å²) in [5.41, 5.74) is 0.247. The number of nitrogens with one attached hydrogen (secondary N) is 1. The van der Waals surface area contributed by atoms with Crippen LogP contribution in [0.2, 0.25) is 0 Å². The van der Waals surface area contributed by atoms with Crippen LogP contribution in [0.15, 0.2) is 32.1 Å². The topological polar surface area (TPSA) is 105 Å². The molecule has 1 aliphatic carbocycles. The Morgan fingerprint density at radius 1 is 1.30 bits per heavy atom. The fraction of sp³-hybridized carbons (Fsp3) is 0.471. The van der Waals surface area contributed by atoms with E-state index in [-0.39, 0.29) is 17.0 Å². The molecule has 27 heavy (non-hydrogen) atoms. The van der Waals surface area contributed by atoms with Gasteiger partial charge in [0.15, 0.2) is 5.82 Å². The van der Waals surface area contributed by atoms with Gasteiger partial charge in [0.05, 0.1) is 17.0 Å². The quantitative estimate of drug-likeness (QED) is 0.718. The van der Waals surface area contributed by atoms with Crippen LogP contribution in [-0.4, -0.2) is 41.9 Å². The van der Waals surface area contributed by atoms with Crippen molar-refractivity contribution in [3.8, 4) is 0 Å². The molecule has 8 nitrogen and oxygen atoms in total. The fourth-order valence-corrected chi connectivity index (χ4v) is 4.99. The van der Waals surface area contributed by atoms with Crippen LogP contribution in [-0.2, 0) is 16.6 Å². The summed E-state index contributed by atoms with van der Waals surface area (Å²) in [7, 11) is -3.59. The number of hydrogen-bond donors (Lipinski definition) is 1. The third-order valence-electron chi connectivity index (χ3n) is 4.71. The number of benzene rings is 1. The van der Waals surface area contributed by atoms with Gasteiger partial charge < -0.3 is 9.84 Å². The summed E-state index contributed by atoms with van der Waals surface area (Å²) in [6, 6.07) is 4.49. The second kappa shape index (κ2) is 7.33. The van der Waals surface area contributed by atoms with Crippen LogP contribution in [0.1, 0.15) is 53.7 Å². The molecular formula is C17H19BrN4O4S. The lowest BCUT2D eigenvalue weighted by atomic mass is 10.2. The highest BCUT2D eigenvalue weighted by Crippen LogP contribution is 2.38. The number of amides is 1. The Kier molecular flexibility index (Phi) is 5.04. The van der Waals surface area contributed by atoms with Crippen LogP contribution in [0, 0.1) is 0 Å². The molecule has 1 saturated heterocycles. The maximum absolute atomic E-state index is 12.7. The van der Waals surface area contributed by atoms with E-state index in [4.69, 9.17) is 4.52 Å². The van der Waals surface area contributed by atoms with Crippen molar-refractivity contribution in [2.24, 2.45) is 0 Å². The summed E-state index contributed by atoms with van der Waals surface area (Å²) < 4.78 is 32.5. The summed E-state index contributed by atoms with van der Waals surface area (Å²) in [5, 5.41) is 6.61. The average Bonchev–Trinajstić information content (AvgIpc) is 3.15. The van der Waals surface area contributed by atoms with E-state index < -0.39 is 15.9 Å². The van der Waals surface area contributed by atoms with Crippen LogP contribution in [0.4, 0.5) is 0 Å². The lowest BCUT2D eigenvalue weighted by Crippen LogP contribution is -2.28. The Hall–Kier alpha value is -1.78. The highest BCUT2D eigenvalue weighted by molar-refractivity contribution is 9.10. The number of carbonyl (C=O) groups excluding carboxylic acids is 1. The summed E-state index contributed by atoms with van der Waals surface area (Å²) >= 11 is 3.32. The molecular weight excluding hydrogens is 436 g/mol. The minimum Gasteiger partial charge on any atom is -0.343 e. The first-order chi connectivity index (χ1) is 12.9. The zero-order chi connectivity index (χ0) is 19.0. The Labute approximate surface area is 165 Å². The minimum atomic E-state index is -3.59. The first-order valence-electron chi connectivity index (χ1n) is 8.85. The second-order valence-electron chi connectivity index (χ2n) is 6.76. The fourth-order valence-electron chi connectivity index (χ4n) is 3.01. The molecule has 0 spiro atoms. The summed E-state index contributed by atoms with van der Waals surface area (Å²) in [5.74, 6) is 0.979. The molecule has 1 N–H and O–H groups in total. The smallest absolute Gasteiger partial charge is 0.252 e. The SMILES string of the molecule is O=C(NCc1nc(C2CC2)no1)c1cc(S(=O)(=O)N2CCCC2)ccc1Br. The van der Waals surface area contributed by atoms with Crippen molar-refractivity contribution < 1.29 is 17.7 Å². The van der Waals surface area contributed by atoms with E-state index in [9.17, 15) is 13.2 Å². The molecule has 1 saturated carbocycles. The number of rotatable bonds is 6. The molecule has 0 unspecified atom stereocenters. The van der Waals surface area contributed by atoms with E-state index in [2.05, 4.69) is 31.4 Å².